The molecule has 13 heteroatoms. The summed E-state index contributed by atoms with van der Waals surface area (Å²) in [5.41, 5.74) is 0.0956. The van der Waals surface area contributed by atoms with Crippen LogP contribution in [0.2, 0.25) is 5.02 Å². The van der Waals surface area contributed by atoms with Gasteiger partial charge in [-0.2, -0.15) is 13.2 Å². The Bertz CT molecular complexity index is 1540. The van der Waals surface area contributed by atoms with Crippen LogP contribution in [0, 0.1) is 6.92 Å². The lowest BCUT2D eigenvalue weighted by atomic mass is 10.1. The molecule has 0 radical (unpaired) electrons. The van der Waals surface area contributed by atoms with E-state index in [-0.39, 0.29) is 23.7 Å². The molecule has 0 saturated heterocycles. The number of aromatic nitrogens is 2. The number of amides is 2. The molecule has 1 aromatic heterocycles. The van der Waals surface area contributed by atoms with E-state index in [0.29, 0.717) is 44.7 Å². The summed E-state index contributed by atoms with van der Waals surface area (Å²) in [5.74, 6) is 4.92. The number of aromatic amines is 1. The van der Waals surface area contributed by atoms with Gasteiger partial charge >= 0.3 is 6.18 Å². The quantitative estimate of drug-likeness (QED) is 0.152. The van der Waals surface area contributed by atoms with Crippen molar-refractivity contribution in [1.82, 2.24) is 14.9 Å². The maximum Gasteiger partial charge on any atom is 0.417 e. The molecule has 0 fully saturated rings. The summed E-state index contributed by atoms with van der Waals surface area (Å²) in [6.07, 6.45) is -4.76. The molecule has 206 valence electrons. The number of hydrazine groups is 1. The summed E-state index contributed by atoms with van der Waals surface area (Å²) in [4.78, 5) is 36.0. The number of halogens is 5. The Morgan fingerprint density at radius 1 is 1.08 bits per heavy atom. The predicted octanol–water partition coefficient (Wildman–Crippen LogP) is 5.80. The maximum absolute atomic E-state index is 13.5. The van der Waals surface area contributed by atoms with Gasteiger partial charge in [0, 0.05) is 10.7 Å². The lowest BCUT2D eigenvalue weighted by Crippen LogP contribution is -2.38. The average molecular weight is 581 g/mol. The van der Waals surface area contributed by atoms with Gasteiger partial charge in [-0.15, -0.1) is 12.4 Å². The molecule has 39 heavy (non-hydrogen) atoms. The van der Waals surface area contributed by atoms with Crippen molar-refractivity contribution in [2.45, 2.75) is 19.6 Å². The fourth-order valence-corrected chi connectivity index (χ4v) is 4.11. The first-order valence-electron chi connectivity index (χ1n) is 11.4. The van der Waals surface area contributed by atoms with E-state index in [2.05, 4.69) is 15.3 Å². The van der Waals surface area contributed by atoms with Crippen molar-refractivity contribution < 1.29 is 22.8 Å². The molecule has 0 aliphatic carbocycles. The number of benzene rings is 3. The largest absolute Gasteiger partial charge is 0.417 e. The molecule has 0 spiro atoms. The van der Waals surface area contributed by atoms with Gasteiger partial charge in [0.05, 0.1) is 34.4 Å². The SMILES string of the molecule is Cc1c(Cl)cccc1NC(=O)c1cc(N(N)C(=O)c2ccccc2C(F)(F)F)cc2[nH]c(CN(C)C)nc12.Cl. The fraction of sp³-hybridized carbons (Fsp3) is 0.192. The second-order valence-electron chi connectivity index (χ2n) is 8.90. The predicted molar refractivity (Wildman–Crippen MR) is 147 cm³/mol. The summed E-state index contributed by atoms with van der Waals surface area (Å²) in [7, 11) is 3.68. The van der Waals surface area contributed by atoms with Gasteiger partial charge < -0.3 is 15.2 Å². The van der Waals surface area contributed by atoms with E-state index < -0.39 is 29.1 Å². The molecule has 0 atom stereocenters. The molecular formula is C26H25Cl2F3N6O2. The number of nitrogens with one attached hydrogen (secondary N) is 2. The Morgan fingerprint density at radius 2 is 1.77 bits per heavy atom. The molecule has 3 aromatic carbocycles. The van der Waals surface area contributed by atoms with Gasteiger partial charge in [0.2, 0.25) is 0 Å². The highest BCUT2D eigenvalue weighted by molar-refractivity contribution is 6.31. The zero-order valence-electron chi connectivity index (χ0n) is 21.1. The highest BCUT2D eigenvalue weighted by atomic mass is 35.5. The minimum Gasteiger partial charge on any atom is -0.341 e. The average Bonchev–Trinajstić information content (AvgIpc) is 3.26. The van der Waals surface area contributed by atoms with Gasteiger partial charge in [-0.3, -0.25) is 9.59 Å². The van der Waals surface area contributed by atoms with E-state index >= 15 is 0 Å². The van der Waals surface area contributed by atoms with Crippen LogP contribution in [0.4, 0.5) is 24.5 Å². The van der Waals surface area contributed by atoms with Crippen LogP contribution in [0.5, 0.6) is 0 Å². The van der Waals surface area contributed by atoms with Crippen molar-refractivity contribution in [2.75, 3.05) is 24.4 Å². The first-order valence-corrected chi connectivity index (χ1v) is 11.7. The fourth-order valence-electron chi connectivity index (χ4n) is 3.94. The molecule has 4 rings (SSSR count). The van der Waals surface area contributed by atoms with Gasteiger partial charge in [0.25, 0.3) is 11.8 Å². The van der Waals surface area contributed by atoms with E-state index in [1.165, 1.54) is 24.3 Å². The van der Waals surface area contributed by atoms with Crippen LogP contribution in [0.25, 0.3) is 11.0 Å². The Labute approximate surface area is 233 Å². The molecule has 0 bridgehead atoms. The van der Waals surface area contributed by atoms with Crippen molar-refractivity contribution in [3.05, 3.63) is 87.7 Å². The molecule has 0 unspecified atom stereocenters. The number of imidazole rings is 1. The van der Waals surface area contributed by atoms with E-state index in [0.717, 1.165) is 12.1 Å². The number of hydrogen-bond donors (Lipinski definition) is 3. The number of hydrogen-bond acceptors (Lipinski definition) is 5. The third kappa shape index (κ3) is 6.34. The maximum atomic E-state index is 13.5. The van der Waals surface area contributed by atoms with Gasteiger partial charge in [-0.05, 0) is 63.0 Å². The molecule has 0 aliphatic heterocycles. The van der Waals surface area contributed by atoms with Crippen molar-refractivity contribution >= 4 is 58.2 Å². The molecular weight excluding hydrogens is 556 g/mol. The third-order valence-corrected chi connectivity index (χ3v) is 6.22. The molecule has 2 amide bonds. The molecule has 0 aliphatic rings. The van der Waals surface area contributed by atoms with Crippen molar-refractivity contribution in [3.8, 4) is 0 Å². The molecule has 4 N–H and O–H groups in total. The second kappa shape index (κ2) is 11.6. The second-order valence-corrected chi connectivity index (χ2v) is 9.30. The summed E-state index contributed by atoms with van der Waals surface area (Å²) in [6.45, 7) is 2.16. The lowest BCUT2D eigenvalue weighted by Gasteiger charge is -2.20. The molecule has 4 aromatic rings. The molecule has 8 nitrogen and oxygen atoms in total. The number of fused-ring (bicyclic) bond motifs is 1. The van der Waals surface area contributed by atoms with Gasteiger partial charge in [-0.1, -0.05) is 29.8 Å². The summed E-state index contributed by atoms with van der Waals surface area (Å²) in [6, 6.07) is 12.2. The number of rotatable bonds is 6. The number of nitrogens with two attached hydrogens (primary N) is 1. The molecule has 1 heterocycles. The van der Waals surface area contributed by atoms with Crippen LogP contribution in [0.15, 0.2) is 54.6 Å². The number of carbonyl (C=O) groups is 2. The van der Waals surface area contributed by atoms with Crippen molar-refractivity contribution in [2.24, 2.45) is 5.84 Å². The van der Waals surface area contributed by atoms with Gasteiger partial charge in [0.15, 0.2) is 0 Å². The number of H-pyrrole nitrogens is 1. The Balaban J connectivity index is 0.00000420. The van der Waals surface area contributed by atoms with Crippen LogP contribution >= 0.6 is 24.0 Å². The number of carbonyl (C=O) groups excluding carboxylic acids is 2. The van der Waals surface area contributed by atoms with Crippen LogP contribution < -0.4 is 16.2 Å². The summed E-state index contributed by atoms with van der Waals surface area (Å²) >= 11 is 6.18. The lowest BCUT2D eigenvalue weighted by molar-refractivity contribution is -0.137. The number of nitrogens with zero attached hydrogens (tertiary/aromatic N) is 3. The zero-order valence-corrected chi connectivity index (χ0v) is 22.6. The monoisotopic (exact) mass is 580 g/mol. The van der Waals surface area contributed by atoms with E-state index in [1.807, 2.05) is 19.0 Å². The standard InChI is InChI=1S/C26H24ClF3N6O2.ClH/c1-14-19(27)9-6-10-20(14)33-24(37)17-11-15(12-21-23(17)34-22(32-21)13-35(2)3)36(31)25(38)16-7-4-5-8-18(16)26(28,29)30;/h4-12H,13,31H2,1-3H3,(H,32,34)(H,33,37);1H. The third-order valence-electron chi connectivity index (χ3n) is 5.81. The topological polar surface area (TPSA) is 107 Å². The van der Waals surface area contributed by atoms with Gasteiger partial charge in [0.1, 0.15) is 11.3 Å². The smallest absolute Gasteiger partial charge is 0.341 e. The van der Waals surface area contributed by atoms with Gasteiger partial charge in [-0.25, -0.2) is 15.8 Å². The van der Waals surface area contributed by atoms with Crippen LogP contribution in [-0.2, 0) is 12.7 Å². The molecule has 0 saturated carbocycles. The normalized spacial score (nSPS) is 11.4. The minimum absolute atomic E-state index is 0. The first kappa shape index (κ1) is 29.9. The van der Waals surface area contributed by atoms with Crippen LogP contribution in [0.1, 0.15) is 37.7 Å². The Hall–Kier alpha value is -3.64. The highest BCUT2D eigenvalue weighted by Gasteiger charge is 2.36. The minimum atomic E-state index is -4.76. The Kier molecular flexibility index (Phi) is 8.91. The van der Waals surface area contributed by atoms with E-state index in [1.54, 1.807) is 25.1 Å². The van der Waals surface area contributed by atoms with Crippen molar-refractivity contribution in [1.29, 1.82) is 0 Å². The van der Waals surface area contributed by atoms with E-state index in [4.69, 9.17) is 17.4 Å². The highest BCUT2D eigenvalue weighted by Crippen LogP contribution is 2.33. The van der Waals surface area contributed by atoms with Crippen LogP contribution in [0.3, 0.4) is 0 Å². The van der Waals surface area contributed by atoms with Crippen LogP contribution in [-0.4, -0.2) is 40.8 Å². The number of anilines is 2. The zero-order chi connectivity index (χ0) is 27.8. The Morgan fingerprint density at radius 3 is 2.44 bits per heavy atom. The summed E-state index contributed by atoms with van der Waals surface area (Å²) in [5, 5.41) is 3.82. The summed E-state index contributed by atoms with van der Waals surface area (Å²) < 4.78 is 40.6. The number of alkyl halides is 3. The van der Waals surface area contributed by atoms with E-state index in [9.17, 15) is 22.8 Å². The first-order chi connectivity index (χ1) is 17.9. The van der Waals surface area contributed by atoms with Crippen molar-refractivity contribution in [3.63, 3.8) is 0 Å².